The molecule has 0 spiro atoms. The summed E-state index contributed by atoms with van der Waals surface area (Å²) in [6, 6.07) is 8.69. The number of aryl methyl sites for hydroxylation is 1. The van der Waals surface area contributed by atoms with Crippen molar-refractivity contribution < 1.29 is 9.18 Å². The highest BCUT2D eigenvalue weighted by Gasteiger charge is 2.33. The molecule has 1 saturated heterocycles. The molecule has 8 nitrogen and oxygen atoms in total. The van der Waals surface area contributed by atoms with Crippen LogP contribution >= 0.6 is 0 Å². The smallest absolute Gasteiger partial charge is 0.274 e. The number of hydrogen-bond acceptors (Lipinski definition) is 6. The molecule has 1 aromatic carbocycles. The van der Waals surface area contributed by atoms with Crippen LogP contribution in [-0.2, 0) is 7.05 Å². The second kappa shape index (κ2) is 8.86. The van der Waals surface area contributed by atoms with Crippen molar-refractivity contribution in [3.63, 3.8) is 0 Å². The number of anilines is 1. The van der Waals surface area contributed by atoms with E-state index in [2.05, 4.69) is 10.1 Å². The van der Waals surface area contributed by atoms with Gasteiger partial charge in [0.15, 0.2) is 0 Å². The van der Waals surface area contributed by atoms with Gasteiger partial charge in [-0.05, 0) is 43.0 Å². The van der Waals surface area contributed by atoms with Gasteiger partial charge in [-0.15, -0.1) is 0 Å². The number of hydrogen-bond donors (Lipinski definition) is 0. The van der Waals surface area contributed by atoms with E-state index < -0.39 is 0 Å². The Hall–Kier alpha value is -3.62. The van der Waals surface area contributed by atoms with Crippen LogP contribution in [0.1, 0.15) is 41.5 Å². The predicted octanol–water partition coefficient (Wildman–Crippen LogP) is 2.81. The highest BCUT2D eigenvalue weighted by Crippen LogP contribution is 2.37. The first-order valence-corrected chi connectivity index (χ1v) is 10.5. The molecular weight excluding hydrogens is 411 g/mol. The molecule has 0 radical (unpaired) electrons. The maximum Gasteiger partial charge on any atom is 0.274 e. The van der Waals surface area contributed by atoms with Gasteiger partial charge in [-0.1, -0.05) is 12.1 Å². The van der Waals surface area contributed by atoms with Crippen molar-refractivity contribution >= 4 is 11.9 Å². The molecule has 1 aliphatic heterocycles. The van der Waals surface area contributed by atoms with Crippen molar-refractivity contribution in [1.29, 1.82) is 0 Å². The van der Waals surface area contributed by atoms with Crippen molar-refractivity contribution in [2.24, 2.45) is 7.05 Å². The van der Waals surface area contributed by atoms with Gasteiger partial charge in [0.1, 0.15) is 11.5 Å². The fourth-order valence-electron chi connectivity index (χ4n) is 3.93. The summed E-state index contributed by atoms with van der Waals surface area (Å²) in [5.74, 6) is -0.0409. The molecule has 1 aliphatic rings. The lowest BCUT2D eigenvalue weighted by molar-refractivity contribution is 0.0598. The van der Waals surface area contributed by atoms with Gasteiger partial charge in [-0.2, -0.15) is 5.10 Å². The minimum atomic E-state index is -0.323. The van der Waals surface area contributed by atoms with Gasteiger partial charge in [-0.3, -0.25) is 9.59 Å². The number of amides is 1. The Morgan fingerprint density at radius 1 is 1.12 bits per heavy atom. The highest BCUT2D eigenvalue weighted by atomic mass is 19.1. The van der Waals surface area contributed by atoms with Crippen molar-refractivity contribution in [3.8, 4) is 11.1 Å². The van der Waals surface area contributed by atoms with Crippen LogP contribution in [0, 0.1) is 5.82 Å². The molecule has 4 rings (SSSR count). The number of nitrogens with zero attached hydrogens (tertiary/aromatic N) is 6. The third kappa shape index (κ3) is 4.23. The average Bonchev–Trinajstić information content (AvgIpc) is 2.80. The van der Waals surface area contributed by atoms with Gasteiger partial charge < -0.3 is 9.80 Å². The lowest BCUT2D eigenvalue weighted by Gasteiger charge is -2.36. The van der Waals surface area contributed by atoms with Crippen LogP contribution in [-0.4, -0.2) is 51.2 Å². The third-order valence-electron chi connectivity index (χ3n) is 5.62. The number of halogens is 1. The highest BCUT2D eigenvalue weighted by molar-refractivity contribution is 5.92. The summed E-state index contributed by atoms with van der Waals surface area (Å²) in [5.41, 5.74) is 2.19. The molecule has 2 aromatic heterocycles. The van der Waals surface area contributed by atoms with E-state index in [1.807, 2.05) is 19.0 Å². The largest absolute Gasteiger partial charge is 0.347 e. The minimum absolute atomic E-state index is 0.212. The summed E-state index contributed by atoms with van der Waals surface area (Å²) >= 11 is 0. The molecule has 0 saturated carbocycles. The first kappa shape index (κ1) is 21.6. The number of piperidine rings is 1. The summed E-state index contributed by atoms with van der Waals surface area (Å²) < 4.78 is 14.7. The van der Waals surface area contributed by atoms with Gasteiger partial charge in [-0.25, -0.2) is 19.0 Å². The van der Waals surface area contributed by atoms with Crippen LogP contribution < -0.4 is 10.5 Å². The molecule has 1 amide bonds. The fraction of sp³-hybridized carbons (Fsp3) is 0.348. The summed E-state index contributed by atoms with van der Waals surface area (Å²) in [7, 11) is 5.23. The molecule has 3 heterocycles. The fourth-order valence-corrected chi connectivity index (χ4v) is 3.93. The number of benzene rings is 1. The van der Waals surface area contributed by atoms with E-state index >= 15 is 0 Å². The molecule has 1 atom stereocenters. The first-order chi connectivity index (χ1) is 15.3. The van der Waals surface area contributed by atoms with Crippen molar-refractivity contribution in [1.82, 2.24) is 24.6 Å². The Bertz CT molecular complexity index is 1190. The molecule has 0 aliphatic carbocycles. The molecule has 0 bridgehead atoms. The number of carbonyl (C=O) groups is 1. The van der Waals surface area contributed by atoms with Gasteiger partial charge in [0.2, 0.25) is 5.95 Å². The number of rotatable bonds is 4. The zero-order chi connectivity index (χ0) is 22.8. The zero-order valence-electron chi connectivity index (χ0n) is 18.3. The van der Waals surface area contributed by atoms with E-state index in [9.17, 15) is 14.0 Å². The third-order valence-corrected chi connectivity index (χ3v) is 5.62. The van der Waals surface area contributed by atoms with E-state index in [1.165, 1.54) is 31.3 Å². The SMILES string of the molecule is CN(C)c1ncc(-c2ccc(F)cc2)c([C@@H]2CCCCN2C(=O)c2ccc(=O)n(C)n2)n1. The Balaban J connectivity index is 1.80. The molecule has 0 unspecified atom stereocenters. The standard InChI is InChI=1S/C23H25FN6O2/c1-28(2)23-25-14-17(15-7-9-16(24)10-8-15)21(26-23)19-6-4-5-13-30(19)22(32)18-11-12-20(31)29(3)27-18/h7-12,14,19H,4-6,13H2,1-3H3/t19-/m0/s1. The maximum absolute atomic E-state index is 13.5. The number of aromatic nitrogens is 4. The van der Waals surface area contributed by atoms with E-state index in [-0.39, 0.29) is 29.0 Å². The molecule has 0 N–H and O–H groups in total. The van der Waals surface area contributed by atoms with Crippen LogP contribution in [0.25, 0.3) is 11.1 Å². The van der Waals surface area contributed by atoms with E-state index in [0.717, 1.165) is 35.1 Å². The summed E-state index contributed by atoms with van der Waals surface area (Å²) in [6.07, 6.45) is 4.27. The van der Waals surface area contributed by atoms with Crippen LogP contribution in [0.2, 0.25) is 0 Å². The molecule has 166 valence electrons. The van der Waals surface area contributed by atoms with Gasteiger partial charge in [0.25, 0.3) is 11.5 Å². The van der Waals surface area contributed by atoms with Crippen LogP contribution in [0.3, 0.4) is 0 Å². The number of carbonyl (C=O) groups excluding carboxylic acids is 1. The van der Waals surface area contributed by atoms with E-state index in [4.69, 9.17) is 4.98 Å². The van der Waals surface area contributed by atoms with Gasteiger partial charge in [0.05, 0.1) is 11.7 Å². The Morgan fingerprint density at radius 2 is 1.88 bits per heavy atom. The van der Waals surface area contributed by atoms with Crippen LogP contribution in [0.15, 0.2) is 47.4 Å². The van der Waals surface area contributed by atoms with Gasteiger partial charge in [0, 0.05) is 45.5 Å². The lowest BCUT2D eigenvalue weighted by atomic mass is 9.93. The number of likely N-dealkylation sites (tertiary alicyclic amines) is 1. The van der Waals surface area contributed by atoms with Crippen LogP contribution in [0.4, 0.5) is 10.3 Å². The Labute approximate surface area is 185 Å². The second-order valence-corrected chi connectivity index (χ2v) is 8.06. The topological polar surface area (TPSA) is 84.2 Å². The normalized spacial score (nSPS) is 16.1. The minimum Gasteiger partial charge on any atom is -0.347 e. The quantitative estimate of drug-likeness (QED) is 0.625. The van der Waals surface area contributed by atoms with Crippen molar-refractivity contribution in [2.45, 2.75) is 25.3 Å². The van der Waals surface area contributed by atoms with Crippen LogP contribution in [0.5, 0.6) is 0 Å². The van der Waals surface area contributed by atoms with Gasteiger partial charge >= 0.3 is 0 Å². The molecule has 3 aromatic rings. The van der Waals surface area contributed by atoms with Crippen molar-refractivity contribution in [2.75, 3.05) is 25.5 Å². The lowest BCUT2D eigenvalue weighted by Crippen LogP contribution is -2.40. The monoisotopic (exact) mass is 436 g/mol. The predicted molar refractivity (Wildman–Crippen MR) is 119 cm³/mol. The molecular formula is C23H25FN6O2. The molecule has 1 fully saturated rings. The molecule has 9 heteroatoms. The summed E-state index contributed by atoms with van der Waals surface area (Å²) in [5, 5.41) is 4.14. The average molecular weight is 436 g/mol. The summed E-state index contributed by atoms with van der Waals surface area (Å²) in [4.78, 5) is 37.9. The Kier molecular flexibility index (Phi) is 5.98. The van der Waals surface area contributed by atoms with E-state index in [0.29, 0.717) is 18.2 Å². The second-order valence-electron chi connectivity index (χ2n) is 8.06. The molecule has 32 heavy (non-hydrogen) atoms. The Morgan fingerprint density at radius 3 is 2.56 bits per heavy atom. The first-order valence-electron chi connectivity index (χ1n) is 10.5. The maximum atomic E-state index is 13.5. The van der Waals surface area contributed by atoms with Crippen molar-refractivity contribution in [3.05, 3.63) is 70.2 Å². The summed E-state index contributed by atoms with van der Waals surface area (Å²) in [6.45, 7) is 0.554. The zero-order valence-corrected chi connectivity index (χ0v) is 18.3. The van der Waals surface area contributed by atoms with E-state index in [1.54, 1.807) is 23.2 Å².